The molecule has 5 heterocycles. The largest absolute Gasteiger partial charge is 0.508 e. The molecule has 2 amide bonds. The lowest BCUT2D eigenvalue weighted by atomic mass is 10.1. The van der Waals surface area contributed by atoms with E-state index in [1.807, 2.05) is 82.0 Å². The number of aromatic nitrogens is 5. The number of hydrogen-bond donors (Lipinski definition) is 11. The number of benzene rings is 5. The Morgan fingerprint density at radius 3 is 1.16 bits per heavy atom. The van der Waals surface area contributed by atoms with E-state index in [1.165, 1.54) is 50.3 Å². The Labute approximate surface area is 573 Å². The minimum Gasteiger partial charge on any atom is -0.508 e. The first-order valence-electron chi connectivity index (χ1n) is 30.4. The molecule has 5 aromatic carbocycles. The summed E-state index contributed by atoms with van der Waals surface area (Å²) in [4.78, 5) is 69.2. The van der Waals surface area contributed by atoms with Crippen molar-refractivity contribution in [3.63, 3.8) is 0 Å². The third-order valence-corrected chi connectivity index (χ3v) is 14.2. The van der Waals surface area contributed by atoms with Crippen LogP contribution in [-0.4, -0.2) is 97.6 Å². The number of esters is 1. The number of carbonyl (C=O) groups is 5. The van der Waals surface area contributed by atoms with Crippen molar-refractivity contribution in [3.8, 4) is 11.5 Å². The highest BCUT2D eigenvalue weighted by Gasteiger charge is 2.10. The van der Waals surface area contributed by atoms with Crippen molar-refractivity contribution < 1.29 is 33.8 Å². The summed E-state index contributed by atoms with van der Waals surface area (Å²) in [5.74, 6) is 0.803. The normalized spacial score (nSPS) is 9.83. The van der Waals surface area contributed by atoms with Gasteiger partial charge in [-0.05, 0) is 177 Å². The van der Waals surface area contributed by atoms with Gasteiger partial charge in [0.05, 0.1) is 0 Å². The molecule has 0 fully saturated rings. The summed E-state index contributed by atoms with van der Waals surface area (Å²) < 4.78 is 5.32. The van der Waals surface area contributed by atoms with Crippen LogP contribution in [0.2, 0.25) is 0 Å². The lowest BCUT2D eigenvalue weighted by Crippen LogP contribution is -2.24. The number of carbonyl (C=O) groups excluding carboxylic acids is 5. The molecule has 17 nitrogen and oxygen atoms in total. The molecule has 0 atom stereocenters. The number of hydrogen-bond acceptors (Lipinski definition) is 10. The highest BCUT2D eigenvalue weighted by Crippen LogP contribution is 2.26. The van der Waals surface area contributed by atoms with E-state index in [0.29, 0.717) is 69.8 Å². The third kappa shape index (κ3) is 31.3. The number of aromatic amines is 5. The molecule has 5 aromatic heterocycles. The molecule has 21 heteroatoms. The van der Waals surface area contributed by atoms with Gasteiger partial charge in [0.1, 0.15) is 11.5 Å². The van der Waals surface area contributed by atoms with Crippen molar-refractivity contribution in [1.29, 1.82) is 0 Å². The first-order chi connectivity index (χ1) is 42.6. The Bertz CT molecular complexity index is 3670. The highest BCUT2D eigenvalue weighted by atomic mass is 35.5. The smallest absolute Gasteiger partial charge is 0.311 e. The van der Waals surface area contributed by atoms with Gasteiger partial charge in [0.15, 0.2) is 0 Å². The summed E-state index contributed by atoms with van der Waals surface area (Å²) in [6.45, 7) is 16.1. The molecule has 0 spiro atoms. The van der Waals surface area contributed by atoms with Gasteiger partial charge in [-0.25, -0.2) is 0 Å². The van der Waals surface area contributed by atoms with Gasteiger partial charge in [0.2, 0.25) is 22.3 Å². The minimum atomic E-state index is -0.273. The molecule has 0 unspecified atom stereocenters. The minimum absolute atomic E-state index is 0. The van der Waals surface area contributed by atoms with E-state index in [1.54, 1.807) is 32.0 Å². The summed E-state index contributed by atoms with van der Waals surface area (Å²) in [6.07, 6.45) is 18.8. The van der Waals surface area contributed by atoms with Gasteiger partial charge in [0.25, 0.3) is 0 Å². The molecular weight excluding hydrogens is 1260 g/mol. The average Bonchev–Trinajstić information content (AvgIpc) is 1.77. The zero-order valence-corrected chi connectivity index (χ0v) is 55.8. The Kier molecular flexibility index (Phi) is 47.0. The molecule has 0 radical (unpaired) electrons. The quantitative estimate of drug-likeness (QED) is 0.0132. The zero-order valence-electron chi connectivity index (χ0n) is 52.6. The molecule has 0 aliphatic heterocycles. The monoisotopic (exact) mass is 1360 g/mol. The van der Waals surface area contributed by atoms with Crippen molar-refractivity contribution in [1.82, 2.24) is 40.9 Å². The summed E-state index contributed by atoms with van der Waals surface area (Å²) >= 11 is 9.65. The summed E-state index contributed by atoms with van der Waals surface area (Å²) in [5, 5.41) is 23.9. The van der Waals surface area contributed by atoms with E-state index < -0.39 is 0 Å². The van der Waals surface area contributed by atoms with E-state index in [-0.39, 0.29) is 75.4 Å². The molecule has 0 bridgehead atoms. The van der Waals surface area contributed by atoms with E-state index in [4.69, 9.17) is 39.4 Å². The number of nitrogens with two attached hydrogens (primary N) is 2. The van der Waals surface area contributed by atoms with Crippen LogP contribution < -0.4 is 32.2 Å². The number of nitrogens with one attached hydrogen (secondary N) is 8. The van der Waals surface area contributed by atoms with Crippen molar-refractivity contribution in [2.24, 2.45) is 11.5 Å². The summed E-state index contributed by atoms with van der Waals surface area (Å²) in [5.41, 5.74) is 22.8. The second-order valence-corrected chi connectivity index (χ2v) is 21.1. The topological polar surface area (TPSA) is 282 Å². The van der Waals surface area contributed by atoms with E-state index >= 15 is 0 Å². The van der Waals surface area contributed by atoms with Crippen LogP contribution in [0.5, 0.6) is 11.5 Å². The van der Waals surface area contributed by atoms with Gasteiger partial charge in [0, 0.05) is 131 Å². The van der Waals surface area contributed by atoms with Crippen LogP contribution in [0, 0.1) is 0 Å². The molecule has 0 saturated carbocycles. The maximum Gasteiger partial charge on any atom is 0.311 e. The lowest BCUT2D eigenvalue weighted by Gasteiger charge is -2.05. The molecule has 10 aromatic rings. The number of fused-ring (bicyclic) bond motifs is 5. The van der Waals surface area contributed by atoms with Crippen LogP contribution in [0.3, 0.4) is 0 Å². The predicted molar refractivity (Wildman–Crippen MR) is 397 cm³/mol. The van der Waals surface area contributed by atoms with Crippen LogP contribution in [0.15, 0.2) is 140 Å². The summed E-state index contributed by atoms with van der Waals surface area (Å²) in [7, 11) is 0. The van der Waals surface area contributed by atoms with Crippen LogP contribution in [0.1, 0.15) is 137 Å². The first-order valence-corrected chi connectivity index (χ1v) is 31.1. The van der Waals surface area contributed by atoms with E-state index in [9.17, 15) is 29.1 Å². The fraction of sp³-hybridized carbons (Fsp3) is 0.375. The van der Waals surface area contributed by atoms with Gasteiger partial charge < -0.3 is 62.2 Å². The van der Waals surface area contributed by atoms with Crippen molar-refractivity contribution in [2.45, 2.75) is 141 Å². The number of rotatable bonds is 22. The van der Waals surface area contributed by atoms with Crippen molar-refractivity contribution in [3.05, 3.63) is 168 Å². The van der Waals surface area contributed by atoms with Crippen LogP contribution >= 0.6 is 48.0 Å². The Hall–Kier alpha value is -7.61. The van der Waals surface area contributed by atoms with Crippen LogP contribution in [0.25, 0.3) is 54.5 Å². The van der Waals surface area contributed by atoms with Crippen molar-refractivity contribution in [2.75, 3.05) is 39.3 Å². The maximum atomic E-state index is 11.6. The first kappa shape index (κ1) is 87.5. The zero-order chi connectivity index (χ0) is 64.1. The molecule has 0 aliphatic rings. The number of aromatic hydroxyl groups is 1. The number of para-hydroxylation sites is 3. The molecule has 512 valence electrons. The SMILES string of the molecule is C.C.C.CCC(=O)Cl.CCC(=O)Cl.CCC(=O)NCCc1c[nH]c2ccccc12.CCCC(=O)Oc1ccc2[nH]cc(CCNC(=O)CC)c2c1.CCCNCCc1c[nH]c2ccccc12.Cl.Cl.NCCc1c[nH]c2ccc(O)cc12.NCCc1c[nH]c2ccccc12. The Balaban J connectivity index is 0. The van der Waals surface area contributed by atoms with Crippen LogP contribution in [0.4, 0.5) is 0 Å². The Morgan fingerprint density at radius 1 is 0.441 bits per heavy atom. The molecule has 10 rings (SSSR count). The lowest BCUT2D eigenvalue weighted by molar-refractivity contribution is -0.134. The molecule has 93 heavy (non-hydrogen) atoms. The molecule has 0 saturated heterocycles. The average molecular weight is 1360 g/mol. The van der Waals surface area contributed by atoms with E-state index in [0.717, 1.165) is 90.1 Å². The number of halogens is 4. The van der Waals surface area contributed by atoms with Crippen molar-refractivity contribution >= 4 is 131 Å². The van der Waals surface area contributed by atoms with Gasteiger partial charge in [-0.2, -0.15) is 0 Å². The number of ether oxygens (including phenoxy) is 1. The highest BCUT2D eigenvalue weighted by molar-refractivity contribution is 6.63. The number of amides is 2. The molecule has 13 N–H and O–H groups in total. The Morgan fingerprint density at radius 2 is 0.785 bits per heavy atom. The third-order valence-electron chi connectivity index (χ3n) is 13.7. The fourth-order valence-corrected chi connectivity index (χ4v) is 8.96. The fourth-order valence-electron chi connectivity index (χ4n) is 8.96. The maximum absolute atomic E-state index is 11.6. The number of phenols is 1. The summed E-state index contributed by atoms with van der Waals surface area (Å²) in [6, 6.07) is 35.8. The van der Waals surface area contributed by atoms with Gasteiger partial charge >= 0.3 is 5.97 Å². The second-order valence-electron chi connectivity index (χ2n) is 20.3. The number of H-pyrrole nitrogens is 5. The second kappa shape index (κ2) is 50.0. The standard InChI is InChI=1S/C17H22N2O3.C13H16N2O.C13H18N2.C10H12N2O.C10H12N2.2C3H5ClO.3CH4.2ClH/c1-3-5-17(21)22-13-6-7-15-14(10-13)12(11-19-15)8-9-18-16(20)4-2;1-2-13(16)14-8-7-10-9-15-12-6-4-3-5-11(10)12;1-2-8-14-9-7-11-10-15-13-6-4-3-5-12(11)13;11-4-3-7-6-12-10-2-1-8(13)5-9(7)10;11-6-5-8-7-12-10-4-2-1-3-9(8)10;2*1-2-3(4)5;;;;;/h6-7,10-11,19H,3-5,8-9H2,1-2H3,(H,18,20);3-6,9,15H,2,7-8H2,1H3,(H,14,16);3-6,10,14-15H,2,7-9H2,1H3;1-2,5-6,12-13H,3-4,11H2;1-4,7,12H,5-6,11H2;2*2H2,1H3;3*1H4;2*1H. The molecule has 0 aliphatic carbocycles. The van der Waals surface area contributed by atoms with E-state index in [2.05, 4.69) is 109 Å². The van der Waals surface area contributed by atoms with Crippen LogP contribution in [-0.2, 0) is 56.1 Å². The van der Waals surface area contributed by atoms with Gasteiger partial charge in [-0.1, -0.05) is 118 Å². The number of phenolic OH excluding ortho intramolecular Hbond substituents is 1. The molecular formula is C72H104Cl4N10O7. The van der Waals surface area contributed by atoms with Gasteiger partial charge in [-0.3, -0.25) is 24.0 Å². The predicted octanol–water partition coefficient (Wildman–Crippen LogP) is 16.0. The van der Waals surface area contributed by atoms with Gasteiger partial charge in [-0.15, -0.1) is 24.8 Å².